The number of pyridine rings is 1. The van der Waals surface area contributed by atoms with E-state index in [1.165, 1.54) is 12.1 Å². The molecule has 6 nitrogen and oxygen atoms in total. The third-order valence-corrected chi connectivity index (χ3v) is 2.31. The maximum atomic E-state index is 10.6. The Morgan fingerprint density at radius 3 is 2.44 bits per heavy atom. The summed E-state index contributed by atoms with van der Waals surface area (Å²) in [5, 5.41) is 19.6. The number of nitrogens with zero attached hydrogens (tertiary/aromatic N) is 2. The van der Waals surface area contributed by atoms with Gasteiger partial charge in [-0.1, -0.05) is 6.07 Å². The third kappa shape index (κ3) is 2.73. The van der Waals surface area contributed by atoms with Gasteiger partial charge in [0.05, 0.1) is 4.92 Å². The minimum Gasteiger partial charge on any atom is -1.00 e. The molecule has 0 atom stereocenters. The number of nitrogens with one attached hydrogen (secondary N) is 1. The Morgan fingerprint density at radius 2 is 1.89 bits per heavy atom. The molecule has 18 heavy (non-hydrogen) atoms. The molecule has 2 rings (SSSR count). The van der Waals surface area contributed by atoms with Crippen LogP contribution in [0.1, 0.15) is 0 Å². The summed E-state index contributed by atoms with van der Waals surface area (Å²) < 4.78 is 1.74. The lowest BCUT2D eigenvalue weighted by molar-refractivity contribution is -0.595. The molecule has 0 fully saturated rings. The molecule has 0 amide bonds. The van der Waals surface area contributed by atoms with E-state index in [9.17, 15) is 10.1 Å². The lowest BCUT2D eigenvalue weighted by Gasteiger charge is -2.02. The minimum atomic E-state index is -0.514. The van der Waals surface area contributed by atoms with Crippen molar-refractivity contribution in [3.05, 3.63) is 58.9 Å². The first kappa shape index (κ1) is 13.9. The van der Waals surface area contributed by atoms with Gasteiger partial charge < -0.3 is 12.4 Å². The zero-order valence-corrected chi connectivity index (χ0v) is 9.91. The molecule has 0 unspecified atom stereocenters. The van der Waals surface area contributed by atoms with Crippen molar-refractivity contribution in [2.75, 3.05) is 5.48 Å². The molecule has 1 aromatic carbocycles. The Kier molecular flexibility index (Phi) is 4.59. The zero-order valence-electron chi connectivity index (χ0n) is 9.15. The van der Waals surface area contributed by atoms with E-state index in [1.807, 2.05) is 23.7 Å². The van der Waals surface area contributed by atoms with E-state index in [0.29, 0.717) is 5.69 Å². The highest BCUT2D eigenvalue weighted by Crippen LogP contribution is 2.21. The number of halogens is 1. The molecule has 2 aromatic rings. The van der Waals surface area contributed by atoms with Gasteiger partial charge in [-0.2, -0.15) is 4.57 Å². The largest absolute Gasteiger partial charge is 1.00 e. The van der Waals surface area contributed by atoms with Gasteiger partial charge in [-0.05, 0) is 0 Å². The fourth-order valence-electron chi connectivity index (χ4n) is 1.51. The van der Waals surface area contributed by atoms with E-state index in [-0.39, 0.29) is 23.8 Å². The average molecular weight is 268 g/mol. The molecule has 1 aromatic heterocycles. The van der Waals surface area contributed by atoms with E-state index >= 15 is 0 Å². The molecule has 0 saturated carbocycles. The Balaban J connectivity index is 0.00000162. The SMILES string of the molecule is O=[N+]([O-])c1ccc(-[n+]2ccccc2)c(NO)c1.[Cl-]. The highest BCUT2D eigenvalue weighted by atomic mass is 35.5. The van der Waals surface area contributed by atoms with Gasteiger partial charge in [0, 0.05) is 30.3 Å². The van der Waals surface area contributed by atoms with Crippen molar-refractivity contribution >= 4 is 11.4 Å². The van der Waals surface area contributed by atoms with Gasteiger partial charge in [0.1, 0.15) is 5.69 Å². The number of nitro groups is 1. The van der Waals surface area contributed by atoms with Gasteiger partial charge in [-0.25, -0.2) is 0 Å². The smallest absolute Gasteiger partial charge is 0.272 e. The Morgan fingerprint density at radius 1 is 1.22 bits per heavy atom. The number of hydrogen-bond donors (Lipinski definition) is 2. The molecule has 0 saturated heterocycles. The van der Waals surface area contributed by atoms with Gasteiger partial charge in [0.25, 0.3) is 5.69 Å². The van der Waals surface area contributed by atoms with E-state index in [0.717, 1.165) is 0 Å². The maximum Gasteiger partial charge on any atom is 0.272 e. The monoisotopic (exact) mass is 267 g/mol. The maximum absolute atomic E-state index is 10.6. The second-order valence-electron chi connectivity index (χ2n) is 3.35. The molecule has 94 valence electrons. The number of benzene rings is 1. The molecule has 1 heterocycles. The van der Waals surface area contributed by atoms with Gasteiger partial charge in [0.15, 0.2) is 12.4 Å². The third-order valence-electron chi connectivity index (χ3n) is 2.31. The van der Waals surface area contributed by atoms with Crippen molar-refractivity contribution in [3.63, 3.8) is 0 Å². The molecule has 0 aliphatic rings. The molecule has 7 heteroatoms. The van der Waals surface area contributed by atoms with Crippen LogP contribution in [-0.2, 0) is 0 Å². The molecule has 0 spiro atoms. The molecule has 0 radical (unpaired) electrons. The normalized spacial score (nSPS) is 9.39. The lowest BCUT2D eigenvalue weighted by Crippen LogP contribution is -3.00. The molecule has 0 aliphatic heterocycles. The predicted molar refractivity (Wildman–Crippen MR) is 60.0 cm³/mol. The standard InChI is InChI=1S/C11H10N3O3.ClH/c15-12-10-8-9(14(16)17)4-5-11(10)13-6-2-1-3-7-13;/h1-8,12,15H;1H/q+1;/p-1. The van der Waals surface area contributed by atoms with Crippen LogP contribution in [0.25, 0.3) is 5.69 Å². The van der Waals surface area contributed by atoms with Crippen molar-refractivity contribution in [2.45, 2.75) is 0 Å². The first-order valence-corrected chi connectivity index (χ1v) is 4.87. The predicted octanol–water partition coefficient (Wildman–Crippen LogP) is -1.32. The summed E-state index contributed by atoms with van der Waals surface area (Å²) in [6.07, 6.45) is 3.56. The van der Waals surface area contributed by atoms with Crippen molar-refractivity contribution in [2.24, 2.45) is 0 Å². The molecule has 0 bridgehead atoms. The lowest BCUT2D eigenvalue weighted by atomic mass is 10.2. The molecule has 0 aliphatic carbocycles. The fraction of sp³-hybridized carbons (Fsp3) is 0. The van der Waals surface area contributed by atoms with E-state index < -0.39 is 4.92 Å². The number of hydrogen-bond acceptors (Lipinski definition) is 4. The highest BCUT2D eigenvalue weighted by Gasteiger charge is 2.16. The van der Waals surface area contributed by atoms with Gasteiger partial charge in [0.2, 0.25) is 5.69 Å². The van der Waals surface area contributed by atoms with Crippen LogP contribution in [0.15, 0.2) is 48.8 Å². The van der Waals surface area contributed by atoms with E-state index in [1.54, 1.807) is 23.0 Å². The average Bonchev–Trinajstić information content (AvgIpc) is 2.39. The van der Waals surface area contributed by atoms with E-state index in [2.05, 4.69) is 0 Å². The zero-order chi connectivity index (χ0) is 12.3. The summed E-state index contributed by atoms with van der Waals surface area (Å²) in [6.45, 7) is 0. The summed E-state index contributed by atoms with van der Waals surface area (Å²) >= 11 is 0. The summed E-state index contributed by atoms with van der Waals surface area (Å²) in [5.41, 5.74) is 2.78. The van der Waals surface area contributed by atoms with Crippen LogP contribution in [-0.4, -0.2) is 10.1 Å². The first-order valence-electron chi connectivity index (χ1n) is 4.87. The number of nitro benzene ring substituents is 1. The quantitative estimate of drug-likeness (QED) is 0.411. The number of rotatable bonds is 3. The second kappa shape index (κ2) is 5.95. The summed E-state index contributed by atoms with van der Waals surface area (Å²) in [5.74, 6) is 0. The second-order valence-corrected chi connectivity index (χ2v) is 3.35. The Labute approximate surface area is 109 Å². The van der Waals surface area contributed by atoms with Crippen LogP contribution >= 0.6 is 0 Å². The topological polar surface area (TPSA) is 79.3 Å². The van der Waals surface area contributed by atoms with Crippen molar-refractivity contribution in [1.82, 2.24) is 0 Å². The first-order chi connectivity index (χ1) is 8.22. The van der Waals surface area contributed by atoms with Crippen LogP contribution in [0.3, 0.4) is 0 Å². The van der Waals surface area contributed by atoms with Gasteiger partial charge in [-0.3, -0.25) is 20.8 Å². The van der Waals surface area contributed by atoms with Crippen LogP contribution < -0.4 is 22.5 Å². The minimum absolute atomic E-state index is 0. The number of non-ortho nitro benzene ring substituents is 1. The highest BCUT2D eigenvalue weighted by molar-refractivity contribution is 5.60. The van der Waals surface area contributed by atoms with E-state index in [4.69, 9.17) is 5.21 Å². The van der Waals surface area contributed by atoms with Crippen LogP contribution in [0.2, 0.25) is 0 Å². The van der Waals surface area contributed by atoms with Gasteiger partial charge in [-0.15, -0.1) is 0 Å². The fourth-order valence-corrected chi connectivity index (χ4v) is 1.51. The number of aromatic nitrogens is 1. The van der Waals surface area contributed by atoms with Crippen LogP contribution in [0.5, 0.6) is 0 Å². The van der Waals surface area contributed by atoms with Crippen molar-refractivity contribution in [1.29, 1.82) is 0 Å². The number of anilines is 1. The Hall–Kier alpha value is -2.18. The molecular weight excluding hydrogens is 258 g/mol. The molecule has 2 N–H and O–H groups in total. The van der Waals surface area contributed by atoms with Crippen LogP contribution in [0.4, 0.5) is 11.4 Å². The summed E-state index contributed by atoms with van der Waals surface area (Å²) in [6, 6.07) is 9.72. The summed E-state index contributed by atoms with van der Waals surface area (Å²) in [4.78, 5) is 10.1. The summed E-state index contributed by atoms with van der Waals surface area (Å²) in [7, 11) is 0. The Bertz CT molecular complexity index is 548. The van der Waals surface area contributed by atoms with Crippen molar-refractivity contribution < 1.29 is 27.1 Å². The molecular formula is C11H10ClN3O3. The van der Waals surface area contributed by atoms with Gasteiger partial charge >= 0.3 is 0 Å². The van der Waals surface area contributed by atoms with Crippen molar-refractivity contribution in [3.8, 4) is 5.69 Å². The van der Waals surface area contributed by atoms with Crippen LogP contribution in [0, 0.1) is 10.1 Å².